The van der Waals surface area contributed by atoms with Crippen LogP contribution < -0.4 is 25.0 Å². The van der Waals surface area contributed by atoms with Gasteiger partial charge in [0.25, 0.3) is 5.91 Å². The van der Waals surface area contributed by atoms with E-state index in [4.69, 9.17) is 14.2 Å². The third-order valence-electron chi connectivity index (χ3n) is 6.53. The van der Waals surface area contributed by atoms with Crippen LogP contribution in [0.5, 0.6) is 23.0 Å². The summed E-state index contributed by atoms with van der Waals surface area (Å²) in [6, 6.07) is 11.4. The summed E-state index contributed by atoms with van der Waals surface area (Å²) in [5, 5.41) is 3.31. The van der Waals surface area contributed by atoms with Crippen molar-refractivity contribution in [2.45, 2.75) is 19.9 Å². The predicted octanol–water partition coefficient (Wildman–Crippen LogP) is 6.38. The van der Waals surface area contributed by atoms with Gasteiger partial charge in [0.1, 0.15) is 22.9 Å². The zero-order valence-electron chi connectivity index (χ0n) is 23.1. The number of hydrogen-bond donors (Lipinski definition) is 1. The summed E-state index contributed by atoms with van der Waals surface area (Å²) in [6.07, 6.45) is 5.95. The molecular weight excluding hydrogens is 546 g/mol. The van der Waals surface area contributed by atoms with Gasteiger partial charge in [0.15, 0.2) is 23.1 Å². The number of halogens is 2. The molecule has 0 fully saturated rings. The Kier molecular flexibility index (Phi) is 7.83. The molecule has 1 amide bonds. The first-order chi connectivity index (χ1) is 20.2. The fourth-order valence-corrected chi connectivity index (χ4v) is 4.29. The molecule has 0 aliphatic carbocycles. The lowest BCUT2D eigenvalue weighted by molar-refractivity contribution is 0.102. The summed E-state index contributed by atoms with van der Waals surface area (Å²) < 4.78 is 45.8. The highest BCUT2D eigenvalue weighted by Crippen LogP contribution is 2.36. The Morgan fingerprint density at radius 1 is 0.905 bits per heavy atom. The Hall–Kier alpha value is -5.32. The number of carbonyl (C=O) groups excluding carboxylic acids is 1. The van der Waals surface area contributed by atoms with Gasteiger partial charge in [-0.25, -0.2) is 13.8 Å². The van der Waals surface area contributed by atoms with Gasteiger partial charge in [-0.1, -0.05) is 6.07 Å². The maximum atomic E-state index is 13.9. The van der Waals surface area contributed by atoms with E-state index in [1.54, 1.807) is 42.1 Å². The monoisotopic (exact) mass is 572 g/mol. The van der Waals surface area contributed by atoms with Crippen LogP contribution >= 0.6 is 0 Å². The molecule has 9 nitrogen and oxygen atoms in total. The molecule has 42 heavy (non-hydrogen) atoms. The van der Waals surface area contributed by atoms with Crippen LogP contribution in [0.3, 0.4) is 0 Å². The standard InChI is InChI=1S/C31H26F2N4O5/c1-17(2)37-15-21(18-5-7-23(32)24(33)11-18)30(38)22(16-37)31(39)36-29-8-6-19(14-35-29)42-26-9-10-34-25-13-28(41-4)27(40-3)12-20(25)26/h5-17H,1-4H3,(H,35,36,39). The van der Waals surface area contributed by atoms with Crippen LogP contribution in [0.2, 0.25) is 0 Å². The van der Waals surface area contributed by atoms with Crippen LogP contribution in [-0.4, -0.2) is 34.7 Å². The van der Waals surface area contributed by atoms with E-state index in [0.717, 1.165) is 12.1 Å². The number of pyridine rings is 3. The molecule has 1 N–H and O–H groups in total. The van der Waals surface area contributed by atoms with Crippen molar-refractivity contribution < 1.29 is 27.8 Å². The first kappa shape index (κ1) is 28.2. The molecule has 11 heteroatoms. The summed E-state index contributed by atoms with van der Waals surface area (Å²) >= 11 is 0. The van der Waals surface area contributed by atoms with Gasteiger partial charge in [0.2, 0.25) is 5.43 Å². The summed E-state index contributed by atoms with van der Waals surface area (Å²) in [7, 11) is 3.08. The highest BCUT2D eigenvalue weighted by Gasteiger charge is 2.19. The molecule has 0 saturated carbocycles. The van der Waals surface area contributed by atoms with Crippen LogP contribution in [0.15, 0.2) is 78.1 Å². The van der Waals surface area contributed by atoms with Crippen LogP contribution in [0.1, 0.15) is 30.2 Å². The quantitative estimate of drug-likeness (QED) is 0.230. The van der Waals surface area contributed by atoms with Crippen molar-refractivity contribution in [2.75, 3.05) is 19.5 Å². The summed E-state index contributed by atoms with van der Waals surface area (Å²) in [4.78, 5) is 35.1. The molecule has 2 aromatic carbocycles. The van der Waals surface area contributed by atoms with Crippen molar-refractivity contribution >= 4 is 22.6 Å². The second-order valence-corrected chi connectivity index (χ2v) is 9.55. The number of fused-ring (bicyclic) bond motifs is 1. The van der Waals surface area contributed by atoms with Gasteiger partial charge in [-0.2, -0.15) is 0 Å². The van der Waals surface area contributed by atoms with Crippen LogP contribution in [0.4, 0.5) is 14.6 Å². The average molecular weight is 573 g/mol. The van der Waals surface area contributed by atoms with Gasteiger partial charge in [-0.15, -0.1) is 0 Å². The molecule has 0 aliphatic rings. The van der Waals surface area contributed by atoms with Gasteiger partial charge in [0, 0.05) is 41.6 Å². The Morgan fingerprint density at radius 2 is 1.67 bits per heavy atom. The lowest BCUT2D eigenvalue weighted by Gasteiger charge is -2.15. The molecule has 0 aliphatic heterocycles. The van der Waals surface area contributed by atoms with Crippen molar-refractivity contribution in [1.29, 1.82) is 0 Å². The fourth-order valence-electron chi connectivity index (χ4n) is 4.29. The minimum Gasteiger partial charge on any atom is -0.493 e. The topological polar surface area (TPSA) is 105 Å². The molecule has 5 aromatic rings. The molecule has 0 saturated heterocycles. The van der Waals surface area contributed by atoms with E-state index < -0.39 is 23.0 Å². The number of benzene rings is 2. The van der Waals surface area contributed by atoms with Gasteiger partial charge < -0.3 is 24.1 Å². The predicted molar refractivity (Wildman–Crippen MR) is 154 cm³/mol. The van der Waals surface area contributed by atoms with E-state index in [0.29, 0.717) is 33.9 Å². The molecule has 3 heterocycles. The van der Waals surface area contributed by atoms with E-state index >= 15 is 0 Å². The number of nitrogens with zero attached hydrogens (tertiary/aromatic N) is 3. The van der Waals surface area contributed by atoms with E-state index in [-0.39, 0.29) is 28.6 Å². The van der Waals surface area contributed by atoms with Crippen molar-refractivity contribution in [1.82, 2.24) is 14.5 Å². The van der Waals surface area contributed by atoms with E-state index in [1.165, 1.54) is 37.8 Å². The third kappa shape index (κ3) is 5.62. The second kappa shape index (κ2) is 11.7. The molecular formula is C31H26F2N4O5. The Labute approximate surface area is 239 Å². The summed E-state index contributed by atoms with van der Waals surface area (Å²) in [6.45, 7) is 3.72. The van der Waals surface area contributed by atoms with Gasteiger partial charge in [0.05, 0.1) is 25.9 Å². The maximum absolute atomic E-state index is 13.9. The van der Waals surface area contributed by atoms with Crippen LogP contribution in [0, 0.1) is 11.6 Å². The highest BCUT2D eigenvalue weighted by molar-refractivity contribution is 6.04. The molecule has 0 spiro atoms. The first-order valence-corrected chi connectivity index (χ1v) is 12.9. The van der Waals surface area contributed by atoms with Crippen molar-refractivity contribution in [3.63, 3.8) is 0 Å². The number of carbonyl (C=O) groups is 1. The van der Waals surface area contributed by atoms with E-state index in [9.17, 15) is 18.4 Å². The normalized spacial score (nSPS) is 11.0. The smallest absolute Gasteiger partial charge is 0.262 e. The van der Waals surface area contributed by atoms with Crippen molar-refractivity contribution in [2.24, 2.45) is 0 Å². The molecule has 3 aromatic heterocycles. The summed E-state index contributed by atoms with van der Waals surface area (Å²) in [5.41, 5.74) is 0.0420. The zero-order valence-corrected chi connectivity index (χ0v) is 23.1. The van der Waals surface area contributed by atoms with Gasteiger partial charge in [-0.3, -0.25) is 14.6 Å². The lowest BCUT2D eigenvalue weighted by atomic mass is 10.0. The molecule has 214 valence electrons. The van der Waals surface area contributed by atoms with Crippen LogP contribution in [0.25, 0.3) is 22.0 Å². The summed E-state index contributed by atoms with van der Waals surface area (Å²) in [5.74, 6) is -0.722. The Bertz CT molecular complexity index is 1860. The van der Waals surface area contributed by atoms with E-state index in [1.807, 2.05) is 13.8 Å². The molecule has 5 rings (SSSR count). The second-order valence-electron chi connectivity index (χ2n) is 9.55. The molecule has 0 atom stereocenters. The van der Waals surface area contributed by atoms with Gasteiger partial charge in [-0.05, 0) is 55.8 Å². The zero-order chi connectivity index (χ0) is 30.0. The highest BCUT2D eigenvalue weighted by atomic mass is 19.2. The number of amides is 1. The SMILES string of the molecule is COc1cc2nccc(Oc3ccc(NC(=O)c4cn(C(C)C)cc(-c5ccc(F)c(F)c5)c4=O)nc3)c2cc1OC. The fraction of sp³-hybridized carbons (Fsp3) is 0.161. The number of anilines is 1. The molecule has 0 radical (unpaired) electrons. The number of methoxy groups -OCH3 is 2. The minimum absolute atomic E-state index is 0.0609. The number of nitrogens with one attached hydrogen (secondary N) is 1. The number of ether oxygens (including phenoxy) is 3. The lowest BCUT2D eigenvalue weighted by Crippen LogP contribution is -2.25. The van der Waals surface area contributed by atoms with Gasteiger partial charge >= 0.3 is 0 Å². The van der Waals surface area contributed by atoms with Crippen LogP contribution in [-0.2, 0) is 0 Å². The Balaban J connectivity index is 1.40. The molecule has 0 unspecified atom stereocenters. The van der Waals surface area contributed by atoms with Crippen molar-refractivity contribution in [3.05, 3.63) is 101 Å². The third-order valence-corrected chi connectivity index (χ3v) is 6.53. The molecule has 0 bridgehead atoms. The number of aromatic nitrogens is 3. The van der Waals surface area contributed by atoms with Crippen molar-refractivity contribution in [3.8, 4) is 34.1 Å². The van der Waals surface area contributed by atoms with E-state index in [2.05, 4.69) is 15.3 Å². The number of hydrogen-bond acceptors (Lipinski definition) is 7. The Morgan fingerprint density at radius 3 is 2.33 bits per heavy atom. The number of rotatable bonds is 8. The minimum atomic E-state index is -1.09. The average Bonchev–Trinajstić information content (AvgIpc) is 2.99. The largest absolute Gasteiger partial charge is 0.493 e. The maximum Gasteiger partial charge on any atom is 0.262 e. The first-order valence-electron chi connectivity index (χ1n) is 12.9.